The molecule has 4 atom stereocenters. The number of rotatable bonds is 6. The van der Waals surface area contributed by atoms with Gasteiger partial charge in [-0.2, -0.15) is 5.26 Å². The van der Waals surface area contributed by atoms with Crippen LogP contribution < -0.4 is 9.64 Å². The number of nitriles is 1. The number of anilines is 1. The molecule has 1 aliphatic heterocycles. The molecule has 3 aromatic rings. The number of carbonyl (C=O) groups is 1. The second kappa shape index (κ2) is 8.89. The Hall–Kier alpha value is -2.89. The molecule has 0 amide bonds. The van der Waals surface area contributed by atoms with Crippen molar-refractivity contribution in [2.24, 2.45) is 23.2 Å². The van der Waals surface area contributed by atoms with Gasteiger partial charge in [-0.3, -0.25) is 4.79 Å². The SMILES string of the molecule is COC(=O)C1C2CCC23CN(c2nc(-c4cc(C)ccc4OCc4ccc(Br)cc4C#N)cs2)CC13. The van der Waals surface area contributed by atoms with E-state index in [4.69, 9.17) is 14.5 Å². The molecule has 8 heteroatoms. The van der Waals surface area contributed by atoms with E-state index >= 15 is 0 Å². The average Bonchev–Trinajstić information content (AvgIpc) is 3.51. The fraction of sp³-hybridized carbons (Fsp3) is 0.393. The summed E-state index contributed by atoms with van der Waals surface area (Å²) in [5.41, 5.74) is 4.67. The van der Waals surface area contributed by atoms with Gasteiger partial charge >= 0.3 is 5.97 Å². The smallest absolute Gasteiger partial charge is 0.309 e. The molecule has 6 nitrogen and oxygen atoms in total. The zero-order valence-electron chi connectivity index (χ0n) is 20.2. The van der Waals surface area contributed by atoms with Gasteiger partial charge in [0.1, 0.15) is 12.4 Å². The van der Waals surface area contributed by atoms with Crippen LogP contribution in [0.2, 0.25) is 0 Å². The van der Waals surface area contributed by atoms with E-state index in [0.29, 0.717) is 24.0 Å². The maximum Gasteiger partial charge on any atom is 0.309 e. The number of benzene rings is 2. The van der Waals surface area contributed by atoms with Gasteiger partial charge in [-0.25, -0.2) is 4.98 Å². The van der Waals surface area contributed by atoms with E-state index in [1.165, 1.54) is 13.5 Å². The van der Waals surface area contributed by atoms with E-state index in [1.807, 2.05) is 30.3 Å². The number of thiazole rings is 1. The summed E-state index contributed by atoms with van der Waals surface area (Å²) in [6.07, 6.45) is 2.32. The molecule has 0 bridgehead atoms. The standard InChI is InChI=1S/C28H26BrN3O3S/c1-16-3-6-24(35-13-17-4-5-19(29)10-18(17)11-30)20(9-16)23-14-36-27(31-23)32-12-22-25(26(33)34-2)21-7-8-28(21,22)15-32/h3-6,9-10,14,21-22,25H,7-8,12-13,15H2,1-2H3. The van der Waals surface area contributed by atoms with Crippen LogP contribution in [0.4, 0.5) is 5.13 Å². The number of aryl methyl sites for hydroxylation is 1. The predicted octanol–water partition coefficient (Wildman–Crippen LogP) is 5.97. The lowest BCUT2D eigenvalue weighted by molar-refractivity contribution is -0.198. The van der Waals surface area contributed by atoms with Crippen LogP contribution in [0.25, 0.3) is 11.3 Å². The van der Waals surface area contributed by atoms with Gasteiger partial charge in [-0.05, 0) is 61.3 Å². The first-order chi connectivity index (χ1) is 17.4. The Bertz CT molecular complexity index is 1400. The number of ether oxygens (including phenoxy) is 2. The molecule has 0 radical (unpaired) electrons. The lowest BCUT2D eigenvalue weighted by atomic mass is 9.38. The molecular weight excluding hydrogens is 538 g/mol. The second-order valence-corrected chi connectivity index (χ2v) is 11.9. The van der Waals surface area contributed by atoms with Gasteiger partial charge in [0.05, 0.1) is 30.4 Å². The Kier molecular flexibility index (Phi) is 5.81. The third-order valence-electron chi connectivity index (χ3n) is 8.39. The van der Waals surface area contributed by atoms with Crippen molar-refractivity contribution in [3.05, 3.63) is 62.9 Å². The van der Waals surface area contributed by atoms with Crippen molar-refractivity contribution in [2.45, 2.75) is 26.4 Å². The van der Waals surface area contributed by atoms with Crippen LogP contribution in [0.5, 0.6) is 5.75 Å². The molecule has 1 aromatic heterocycles. The largest absolute Gasteiger partial charge is 0.488 e. The van der Waals surface area contributed by atoms with E-state index < -0.39 is 0 Å². The van der Waals surface area contributed by atoms with Gasteiger partial charge in [-0.15, -0.1) is 11.3 Å². The molecule has 0 N–H and O–H groups in total. The number of aromatic nitrogens is 1. The van der Waals surface area contributed by atoms with Gasteiger partial charge < -0.3 is 14.4 Å². The van der Waals surface area contributed by atoms with Crippen LogP contribution in [-0.2, 0) is 16.1 Å². The van der Waals surface area contributed by atoms with Gasteiger partial charge in [0, 0.05) is 34.1 Å². The van der Waals surface area contributed by atoms with Crippen molar-refractivity contribution in [1.29, 1.82) is 5.26 Å². The molecule has 4 unspecified atom stereocenters. The van der Waals surface area contributed by atoms with Crippen molar-refractivity contribution in [2.75, 3.05) is 25.1 Å². The van der Waals surface area contributed by atoms with Gasteiger partial charge in [-0.1, -0.05) is 33.6 Å². The Balaban J connectivity index is 1.23. The van der Waals surface area contributed by atoms with E-state index in [2.05, 4.69) is 45.3 Å². The highest BCUT2D eigenvalue weighted by Gasteiger charge is 2.72. The summed E-state index contributed by atoms with van der Waals surface area (Å²) < 4.78 is 12.2. The minimum absolute atomic E-state index is 0.0434. The van der Waals surface area contributed by atoms with E-state index in [-0.39, 0.29) is 17.3 Å². The first kappa shape index (κ1) is 23.5. The molecule has 2 saturated carbocycles. The molecule has 36 heavy (non-hydrogen) atoms. The minimum Gasteiger partial charge on any atom is -0.488 e. The quantitative estimate of drug-likeness (QED) is 0.344. The number of carbonyl (C=O) groups excluding carboxylic acids is 1. The van der Waals surface area contributed by atoms with Crippen LogP contribution in [0.3, 0.4) is 0 Å². The Morgan fingerprint density at radius 1 is 1.31 bits per heavy atom. The summed E-state index contributed by atoms with van der Waals surface area (Å²) in [4.78, 5) is 19.7. The van der Waals surface area contributed by atoms with Gasteiger partial charge in [0.15, 0.2) is 5.13 Å². The number of hydrogen-bond acceptors (Lipinski definition) is 7. The van der Waals surface area contributed by atoms with E-state index in [1.54, 1.807) is 11.3 Å². The summed E-state index contributed by atoms with van der Waals surface area (Å²) in [7, 11) is 1.50. The van der Waals surface area contributed by atoms with Gasteiger partial charge in [0.25, 0.3) is 0 Å². The number of hydrogen-bond donors (Lipinski definition) is 0. The highest BCUT2D eigenvalue weighted by Crippen LogP contribution is 2.71. The average molecular weight is 565 g/mol. The molecule has 3 fully saturated rings. The maximum atomic E-state index is 12.4. The Labute approximate surface area is 223 Å². The molecule has 2 aromatic carbocycles. The fourth-order valence-electron chi connectivity index (χ4n) is 6.51. The third-order valence-corrected chi connectivity index (χ3v) is 9.78. The molecule has 1 spiro atoms. The summed E-state index contributed by atoms with van der Waals surface area (Å²) in [6.45, 7) is 4.20. The highest BCUT2D eigenvalue weighted by atomic mass is 79.9. The first-order valence-corrected chi connectivity index (χ1v) is 13.8. The molecule has 184 valence electrons. The number of esters is 1. The molecule has 2 aliphatic carbocycles. The van der Waals surface area contributed by atoms with Crippen LogP contribution in [-0.4, -0.2) is 31.2 Å². The molecule has 1 saturated heterocycles. The maximum absolute atomic E-state index is 12.4. The van der Waals surface area contributed by atoms with Crippen molar-refractivity contribution in [1.82, 2.24) is 4.98 Å². The summed E-state index contributed by atoms with van der Waals surface area (Å²) in [6, 6.07) is 14.0. The van der Waals surface area contributed by atoms with E-state index in [9.17, 15) is 10.1 Å². The lowest BCUT2D eigenvalue weighted by Crippen LogP contribution is -2.65. The normalized spacial score (nSPS) is 25.7. The Morgan fingerprint density at radius 2 is 2.17 bits per heavy atom. The van der Waals surface area contributed by atoms with Crippen molar-refractivity contribution in [3.8, 4) is 23.1 Å². The first-order valence-electron chi connectivity index (χ1n) is 12.1. The Morgan fingerprint density at radius 3 is 2.92 bits per heavy atom. The highest BCUT2D eigenvalue weighted by molar-refractivity contribution is 9.10. The van der Waals surface area contributed by atoms with Crippen LogP contribution >= 0.6 is 27.3 Å². The van der Waals surface area contributed by atoms with Crippen molar-refractivity contribution in [3.63, 3.8) is 0 Å². The van der Waals surface area contributed by atoms with Crippen LogP contribution in [0, 0.1) is 41.4 Å². The van der Waals surface area contributed by atoms with E-state index in [0.717, 1.165) is 57.2 Å². The topological polar surface area (TPSA) is 75.4 Å². The second-order valence-electron chi connectivity index (χ2n) is 10.1. The summed E-state index contributed by atoms with van der Waals surface area (Å²) in [5, 5.41) is 12.6. The van der Waals surface area contributed by atoms with Crippen molar-refractivity contribution >= 4 is 38.4 Å². The van der Waals surface area contributed by atoms with Crippen molar-refractivity contribution < 1.29 is 14.3 Å². The zero-order chi connectivity index (χ0) is 25.0. The third kappa shape index (κ3) is 3.63. The zero-order valence-corrected chi connectivity index (χ0v) is 22.6. The fourth-order valence-corrected chi connectivity index (χ4v) is 7.71. The summed E-state index contributed by atoms with van der Waals surface area (Å²) >= 11 is 5.07. The summed E-state index contributed by atoms with van der Waals surface area (Å²) in [5.74, 6) is 1.58. The van der Waals surface area contributed by atoms with Crippen LogP contribution in [0.1, 0.15) is 29.5 Å². The lowest BCUT2D eigenvalue weighted by Gasteiger charge is -2.64. The predicted molar refractivity (Wildman–Crippen MR) is 142 cm³/mol. The number of methoxy groups -OCH3 is 1. The molecule has 2 heterocycles. The van der Waals surface area contributed by atoms with Crippen LogP contribution in [0.15, 0.2) is 46.3 Å². The monoisotopic (exact) mass is 563 g/mol. The number of nitrogens with zero attached hydrogens (tertiary/aromatic N) is 3. The van der Waals surface area contributed by atoms with Gasteiger partial charge in [0.2, 0.25) is 0 Å². The number of halogens is 1. The molecule has 6 rings (SSSR count). The molecular formula is C28H26BrN3O3S. The minimum atomic E-state index is -0.0473. The molecule has 3 aliphatic rings.